The number of thioether (sulfide) groups is 1. The molecule has 5 atom stereocenters. The zero-order valence-electron chi connectivity index (χ0n) is 16.2. The Hall–Kier alpha value is -2.00. The molecule has 9 nitrogen and oxygen atoms in total. The van der Waals surface area contributed by atoms with E-state index in [2.05, 4.69) is 20.5 Å². The molecule has 1 aliphatic heterocycles. The van der Waals surface area contributed by atoms with Crippen LogP contribution in [0.1, 0.15) is 6.04 Å². The molecule has 2 aromatic heterocycles. The number of hydrogen-bond acceptors (Lipinski definition) is 9. The van der Waals surface area contributed by atoms with Gasteiger partial charge in [0.25, 0.3) is 0 Å². The van der Waals surface area contributed by atoms with E-state index in [1.165, 1.54) is 12.3 Å². The average molecular weight is 524 g/mol. The minimum atomic E-state index is -1.63. The third-order valence-electron chi connectivity index (χ3n) is 4.86. The van der Waals surface area contributed by atoms with E-state index in [0.29, 0.717) is 0 Å². The number of halogens is 5. The van der Waals surface area contributed by atoms with E-state index in [-0.39, 0.29) is 26.5 Å². The van der Waals surface area contributed by atoms with Crippen LogP contribution < -0.4 is 0 Å². The number of ether oxygens (including phenoxy) is 1. The highest BCUT2D eigenvalue weighted by Crippen LogP contribution is 2.38. The summed E-state index contributed by atoms with van der Waals surface area (Å²) in [6, 6.07) is 1.70. The highest BCUT2D eigenvalue weighted by atomic mass is 35.5. The first-order chi connectivity index (χ1) is 15.7. The van der Waals surface area contributed by atoms with Crippen molar-refractivity contribution in [3.05, 3.63) is 52.0 Å². The Labute approximate surface area is 198 Å². The minimum Gasteiger partial charge on any atom is -0.394 e. The first-order valence-electron chi connectivity index (χ1n) is 9.24. The molecule has 1 saturated heterocycles. The first kappa shape index (κ1) is 24.1. The van der Waals surface area contributed by atoms with Gasteiger partial charge in [0.1, 0.15) is 40.5 Å². The summed E-state index contributed by atoms with van der Waals surface area (Å²) < 4.78 is 47.1. The molecule has 1 aliphatic rings. The fourth-order valence-corrected chi connectivity index (χ4v) is 4.56. The van der Waals surface area contributed by atoms with Gasteiger partial charge in [0.15, 0.2) is 22.6 Å². The molecular formula is C18H14Cl2F3N5O4S. The van der Waals surface area contributed by atoms with Crippen LogP contribution in [-0.2, 0) is 4.74 Å². The van der Waals surface area contributed by atoms with Crippen molar-refractivity contribution in [2.45, 2.75) is 34.8 Å². The van der Waals surface area contributed by atoms with Gasteiger partial charge >= 0.3 is 0 Å². The van der Waals surface area contributed by atoms with Crippen molar-refractivity contribution >= 4 is 35.0 Å². The van der Waals surface area contributed by atoms with Crippen molar-refractivity contribution in [2.24, 2.45) is 0 Å². The van der Waals surface area contributed by atoms with Crippen molar-refractivity contribution in [3.8, 4) is 11.3 Å². The molecule has 3 aromatic rings. The molecule has 0 spiro atoms. The van der Waals surface area contributed by atoms with E-state index in [9.17, 15) is 28.5 Å². The van der Waals surface area contributed by atoms with Gasteiger partial charge in [0, 0.05) is 5.56 Å². The Morgan fingerprint density at radius 1 is 1.03 bits per heavy atom. The fraction of sp³-hybridized carbons (Fsp3) is 0.333. The normalized spacial score (nSPS) is 25.4. The summed E-state index contributed by atoms with van der Waals surface area (Å²) in [5.41, 5.74) is -1.21. The Bertz CT molecular complexity index is 1150. The van der Waals surface area contributed by atoms with E-state index in [4.69, 9.17) is 27.9 Å². The highest BCUT2D eigenvalue weighted by Gasteiger charge is 2.46. The monoisotopic (exact) mass is 523 g/mol. The van der Waals surface area contributed by atoms with Crippen LogP contribution in [0.25, 0.3) is 11.3 Å². The largest absolute Gasteiger partial charge is 0.394 e. The summed E-state index contributed by atoms with van der Waals surface area (Å²) in [7, 11) is 0. The fourth-order valence-electron chi connectivity index (χ4n) is 3.25. The lowest BCUT2D eigenvalue weighted by atomic mass is 9.97. The van der Waals surface area contributed by atoms with E-state index in [0.717, 1.165) is 28.6 Å². The Balaban J connectivity index is 1.63. The third kappa shape index (κ3) is 4.80. The second-order valence-corrected chi connectivity index (χ2v) is 8.86. The average Bonchev–Trinajstić information content (AvgIpc) is 3.26. The lowest BCUT2D eigenvalue weighted by Crippen LogP contribution is -2.55. The molecule has 0 radical (unpaired) electrons. The van der Waals surface area contributed by atoms with Gasteiger partial charge in [0.05, 0.1) is 17.8 Å². The van der Waals surface area contributed by atoms with Crippen molar-refractivity contribution in [1.29, 1.82) is 0 Å². The van der Waals surface area contributed by atoms with Crippen molar-refractivity contribution in [1.82, 2.24) is 25.2 Å². The maximum absolute atomic E-state index is 13.6. The quantitative estimate of drug-likeness (QED) is 0.431. The van der Waals surface area contributed by atoms with E-state index >= 15 is 0 Å². The molecule has 4 rings (SSSR count). The molecule has 3 heterocycles. The SMILES string of the molecule is OCC1O[C@H](Sc2cc(Cl)c(Cl)nn2)C(O)[C@@H](n2cc(-c3cc(F)c(F)c(F)c3)nn2)[C@H]1O. The molecule has 3 N–H and O–H groups in total. The Morgan fingerprint density at radius 2 is 1.73 bits per heavy atom. The third-order valence-corrected chi connectivity index (χ3v) is 6.59. The topological polar surface area (TPSA) is 126 Å². The van der Waals surface area contributed by atoms with Gasteiger partial charge in [-0.15, -0.1) is 15.3 Å². The molecule has 2 unspecified atom stereocenters. The molecule has 1 fully saturated rings. The molecule has 0 saturated carbocycles. The second-order valence-electron chi connectivity index (χ2n) is 6.97. The van der Waals surface area contributed by atoms with Crippen LogP contribution in [0.15, 0.2) is 29.4 Å². The maximum Gasteiger partial charge on any atom is 0.194 e. The summed E-state index contributed by atoms with van der Waals surface area (Å²) in [6.45, 7) is -0.593. The molecule has 0 aliphatic carbocycles. The molecule has 1 aromatic carbocycles. The summed E-state index contributed by atoms with van der Waals surface area (Å²) in [4.78, 5) is 0. The number of benzene rings is 1. The standard InChI is InChI=1S/C18H14Cl2F3N5O4S/c19-7-3-12(25-26-17(7)20)33-18-16(31)14(15(30)11(5-29)32-18)28-4-10(24-27-28)6-1-8(21)13(23)9(22)2-6/h1-4,11,14-16,18,29-31H,5H2/t11?,14-,15-,16?,18+/m0/s1. The summed E-state index contributed by atoms with van der Waals surface area (Å²) in [5.74, 6) is -4.45. The van der Waals surface area contributed by atoms with E-state index in [1.807, 2.05) is 0 Å². The highest BCUT2D eigenvalue weighted by molar-refractivity contribution is 7.99. The minimum absolute atomic E-state index is 0.0172. The van der Waals surface area contributed by atoms with Gasteiger partial charge in [-0.2, -0.15) is 0 Å². The maximum atomic E-state index is 13.6. The zero-order chi connectivity index (χ0) is 23.9. The molecule has 0 amide bonds. The van der Waals surface area contributed by atoms with Crippen LogP contribution in [-0.4, -0.2) is 70.9 Å². The smallest absolute Gasteiger partial charge is 0.194 e. The van der Waals surface area contributed by atoms with Crippen LogP contribution in [0.3, 0.4) is 0 Å². The summed E-state index contributed by atoms with van der Waals surface area (Å²) >= 11 is 12.6. The molecule has 0 bridgehead atoms. The predicted molar refractivity (Wildman–Crippen MR) is 110 cm³/mol. The van der Waals surface area contributed by atoms with Gasteiger partial charge in [-0.1, -0.05) is 40.2 Å². The molecular weight excluding hydrogens is 510 g/mol. The van der Waals surface area contributed by atoms with Crippen LogP contribution in [0.5, 0.6) is 0 Å². The first-order valence-corrected chi connectivity index (χ1v) is 10.9. The second kappa shape index (κ2) is 9.70. The lowest BCUT2D eigenvalue weighted by molar-refractivity contribution is -0.178. The van der Waals surface area contributed by atoms with Gasteiger partial charge in [-0.05, 0) is 18.2 Å². The van der Waals surface area contributed by atoms with Crippen LogP contribution >= 0.6 is 35.0 Å². The lowest BCUT2D eigenvalue weighted by Gasteiger charge is -2.41. The number of aliphatic hydroxyl groups is 3. The van der Waals surface area contributed by atoms with Crippen molar-refractivity contribution < 1.29 is 33.2 Å². The van der Waals surface area contributed by atoms with Crippen LogP contribution in [0.4, 0.5) is 13.2 Å². The van der Waals surface area contributed by atoms with Crippen molar-refractivity contribution in [3.63, 3.8) is 0 Å². The van der Waals surface area contributed by atoms with Crippen LogP contribution in [0, 0.1) is 17.5 Å². The van der Waals surface area contributed by atoms with Gasteiger partial charge < -0.3 is 20.1 Å². The molecule has 176 valence electrons. The van der Waals surface area contributed by atoms with E-state index < -0.39 is 53.8 Å². The van der Waals surface area contributed by atoms with Gasteiger partial charge in [-0.25, -0.2) is 17.9 Å². The van der Waals surface area contributed by atoms with Crippen LogP contribution in [0.2, 0.25) is 10.2 Å². The summed E-state index contributed by atoms with van der Waals surface area (Å²) in [6.07, 6.45) is -2.76. The molecule has 33 heavy (non-hydrogen) atoms. The van der Waals surface area contributed by atoms with E-state index in [1.54, 1.807) is 0 Å². The van der Waals surface area contributed by atoms with Gasteiger partial charge in [0.2, 0.25) is 0 Å². The number of hydrogen-bond donors (Lipinski definition) is 3. The Morgan fingerprint density at radius 3 is 2.36 bits per heavy atom. The summed E-state index contributed by atoms with van der Waals surface area (Å²) in [5, 5.41) is 46.7. The number of aromatic nitrogens is 5. The predicted octanol–water partition coefficient (Wildman–Crippen LogP) is 2.23. The number of rotatable bonds is 5. The Kier molecular flexibility index (Phi) is 7.09. The molecule has 15 heteroatoms. The number of aliphatic hydroxyl groups excluding tert-OH is 3. The number of nitrogens with zero attached hydrogens (tertiary/aromatic N) is 5. The zero-order valence-corrected chi connectivity index (χ0v) is 18.5. The van der Waals surface area contributed by atoms with Crippen molar-refractivity contribution in [2.75, 3.05) is 6.61 Å². The van der Waals surface area contributed by atoms with Gasteiger partial charge in [-0.3, -0.25) is 0 Å².